The molecule has 0 fully saturated rings. The van der Waals surface area contributed by atoms with E-state index in [4.69, 9.17) is 16.0 Å². The fourth-order valence-corrected chi connectivity index (χ4v) is 2.97. The molecular weight excluding hydrogens is 326 g/mol. The lowest BCUT2D eigenvalue weighted by atomic mass is 10.0. The molecule has 0 atom stereocenters. The summed E-state index contributed by atoms with van der Waals surface area (Å²) in [6.45, 7) is 1.83. The zero-order chi connectivity index (χ0) is 16.8. The number of carboxylic acids is 1. The Bertz CT molecular complexity index is 1080. The third-order valence-corrected chi connectivity index (χ3v) is 4.49. The van der Waals surface area contributed by atoms with Crippen molar-refractivity contribution in [3.63, 3.8) is 0 Å². The normalized spacial score (nSPS) is 11.2. The molecule has 118 valence electrons. The van der Waals surface area contributed by atoms with Gasteiger partial charge in [-0.15, -0.1) is 0 Å². The zero-order valence-corrected chi connectivity index (χ0v) is 13.5. The number of benzene rings is 2. The first-order valence-corrected chi connectivity index (χ1v) is 7.74. The predicted octanol–water partition coefficient (Wildman–Crippen LogP) is 5.31. The van der Waals surface area contributed by atoms with E-state index in [1.165, 1.54) is 6.07 Å². The highest BCUT2D eigenvalue weighted by Gasteiger charge is 2.17. The minimum atomic E-state index is -1.01. The van der Waals surface area contributed by atoms with Gasteiger partial charge in [0.1, 0.15) is 11.3 Å². The van der Waals surface area contributed by atoms with Crippen molar-refractivity contribution in [2.45, 2.75) is 6.92 Å². The summed E-state index contributed by atoms with van der Waals surface area (Å²) in [5.41, 5.74) is 2.69. The fourth-order valence-electron chi connectivity index (χ4n) is 2.82. The van der Waals surface area contributed by atoms with Crippen molar-refractivity contribution < 1.29 is 14.3 Å². The molecule has 0 aliphatic heterocycles. The Morgan fingerprint density at radius 3 is 2.71 bits per heavy atom. The van der Waals surface area contributed by atoms with Gasteiger partial charge in [0.15, 0.2) is 5.76 Å². The van der Waals surface area contributed by atoms with Crippen LogP contribution >= 0.6 is 11.6 Å². The molecule has 0 aliphatic carbocycles. The maximum Gasteiger partial charge on any atom is 0.336 e. The predicted molar refractivity (Wildman–Crippen MR) is 93.7 cm³/mol. The Morgan fingerprint density at radius 2 is 1.96 bits per heavy atom. The van der Waals surface area contributed by atoms with Crippen molar-refractivity contribution in [2.75, 3.05) is 0 Å². The van der Waals surface area contributed by atoms with Crippen LogP contribution in [0.3, 0.4) is 0 Å². The first-order valence-electron chi connectivity index (χ1n) is 7.36. The Hall–Kier alpha value is -2.85. The maximum atomic E-state index is 11.7. The van der Waals surface area contributed by atoms with Gasteiger partial charge in [0.05, 0.1) is 11.1 Å². The summed E-state index contributed by atoms with van der Waals surface area (Å²) in [6.07, 6.45) is 0. The molecule has 0 unspecified atom stereocenters. The second-order valence-corrected chi connectivity index (χ2v) is 5.98. The summed E-state index contributed by atoms with van der Waals surface area (Å²) in [6, 6.07) is 14.4. The van der Waals surface area contributed by atoms with Gasteiger partial charge in [-0.2, -0.15) is 0 Å². The van der Waals surface area contributed by atoms with Crippen LogP contribution in [0.4, 0.5) is 0 Å². The number of nitrogens with zero attached hydrogens (tertiary/aromatic N) is 1. The van der Waals surface area contributed by atoms with Crippen LogP contribution in [0.5, 0.6) is 0 Å². The molecule has 0 bridgehead atoms. The number of halogens is 1. The molecule has 1 N–H and O–H groups in total. The first kappa shape index (κ1) is 14.7. The number of carboxylic acid groups (broad SMARTS) is 1. The van der Waals surface area contributed by atoms with Crippen molar-refractivity contribution in [3.05, 3.63) is 64.7 Å². The molecule has 2 heterocycles. The van der Waals surface area contributed by atoms with Crippen LogP contribution < -0.4 is 0 Å². The van der Waals surface area contributed by atoms with Crippen molar-refractivity contribution in [1.82, 2.24) is 4.98 Å². The number of aromatic nitrogens is 1. The number of furan rings is 1. The van der Waals surface area contributed by atoms with E-state index in [1.807, 2.05) is 37.3 Å². The fraction of sp³-hybridized carbons (Fsp3) is 0.0526. The Labute approximate surface area is 142 Å². The van der Waals surface area contributed by atoms with E-state index < -0.39 is 5.97 Å². The molecule has 4 aromatic rings. The van der Waals surface area contributed by atoms with Gasteiger partial charge >= 0.3 is 5.97 Å². The Kier molecular flexibility index (Phi) is 3.28. The maximum absolute atomic E-state index is 11.7. The Morgan fingerprint density at radius 1 is 1.17 bits per heavy atom. The molecule has 0 saturated carbocycles. The number of aromatic carboxylic acids is 1. The summed E-state index contributed by atoms with van der Waals surface area (Å²) in [7, 11) is 0. The SMILES string of the molecule is Cc1c(Cl)ccc2c(C(=O)O)cc(-c3cc4ccccc4o3)nc12. The largest absolute Gasteiger partial charge is 0.478 e. The molecule has 5 heteroatoms. The summed E-state index contributed by atoms with van der Waals surface area (Å²) in [5, 5.41) is 11.6. The molecule has 2 aromatic heterocycles. The lowest BCUT2D eigenvalue weighted by molar-refractivity contribution is 0.0699. The van der Waals surface area contributed by atoms with Gasteiger partial charge in [-0.1, -0.05) is 35.9 Å². The van der Waals surface area contributed by atoms with Crippen molar-refractivity contribution in [1.29, 1.82) is 0 Å². The summed E-state index contributed by atoms with van der Waals surface area (Å²) in [4.78, 5) is 16.3. The van der Waals surface area contributed by atoms with Crippen molar-refractivity contribution in [3.8, 4) is 11.5 Å². The average molecular weight is 338 g/mol. The lowest BCUT2D eigenvalue weighted by Gasteiger charge is -2.08. The third kappa shape index (κ3) is 2.23. The highest BCUT2D eigenvalue weighted by molar-refractivity contribution is 6.32. The quantitative estimate of drug-likeness (QED) is 0.538. The average Bonchev–Trinajstić information content (AvgIpc) is 3.01. The number of carbonyl (C=O) groups is 1. The van der Waals surface area contributed by atoms with E-state index in [9.17, 15) is 9.90 Å². The van der Waals surface area contributed by atoms with Crippen molar-refractivity contribution >= 4 is 39.4 Å². The van der Waals surface area contributed by atoms with Crippen molar-refractivity contribution in [2.24, 2.45) is 0 Å². The highest BCUT2D eigenvalue weighted by Crippen LogP contribution is 2.32. The first-order chi connectivity index (χ1) is 11.5. The van der Waals surface area contributed by atoms with Crippen LogP contribution in [0.1, 0.15) is 15.9 Å². The molecule has 0 aliphatic rings. The number of rotatable bonds is 2. The van der Waals surface area contributed by atoms with E-state index in [0.717, 1.165) is 16.5 Å². The van der Waals surface area contributed by atoms with Crippen LogP contribution in [-0.4, -0.2) is 16.1 Å². The number of fused-ring (bicyclic) bond motifs is 2. The van der Waals surface area contributed by atoms with E-state index in [-0.39, 0.29) is 5.56 Å². The zero-order valence-electron chi connectivity index (χ0n) is 12.7. The van der Waals surface area contributed by atoms with Crippen LogP contribution in [0.2, 0.25) is 5.02 Å². The lowest BCUT2D eigenvalue weighted by Crippen LogP contribution is -2.01. The van der Waals surface area contributed by atoms with Crippen LogP contribution in [0.15, 0.2) is 52.9 Å². The van der Waals surface area contributed by atoms with Gasteiger partial charge < -0.3 is 9.52 Å². The molecule has 2 aromatic carbocycles. The standard InChI is InChI=1S/C19H12ClNO3/c1-10-14(20)7-6-12-13(19(22)23)9-15(21-18(10)12)17-8-11-4-2-3-5-16(11)24-17/h2-9H,1H3,(H,22,23). The van der Waals surface area contributed by atoms with Gasteiger partial charge in [0.2, 0.25) is 0 Å². The van der Waals surface area contributed by atoms with Gasteiger partial charge in [0, 0.05) is 15.8 Å². The molecule has 0 amide bonds. The minimum absolute atomic E-state index is 0.176. The smallest absolute Gasteiger partial charge is 0.336 e. The summed E-state index contributed by atoms with van der Waals surface area (Å²) < 4.78 is 5.82. The second kappa shape index (κ2) is 5.35. The molecular formula is C19H12ClNO3. The third-order valence-electron chi connectivity index (χ3n) is 4.08. The van der Waals surface area contributed by atoms with Crippen LogP contribution in [-0.2, 0) is 0 Å². The van der Waals surface area contributed by atoms with Gasteiger partial charge in [-0.05, 0) is 36.8 Å². The van der Waals surface area contributed by atoms with E-state index in [2.05, 4.69) is 4.98 Å². The van der Waals surface area contributed by atoms with E-state index in [1.54, 1.807) is 12.1 Å². The molecule has 4 nitrogen and oxygen atoms in total. The topological polar surface area (TPSA) is 63.3 Å². The molecule has 4 rings (SSSR count). The highest BCUT2D eigenvalue weighted by atomic mass is 35.5. The summed E-state index contributed by atoms with van der Waals surface area (Å²) >= 11 is 6.17. The van der Waals surface area contributed by atoms with E-state index >= 15 is 0 Å². The molecule has 0 radical (unpaired) electrons. The summed E-state index contributed by atoms with van der Waals surface area (Å²) in [5.74, 6) is -0.485. The number of hydrogen-bond donors (Lipinski definition) is 1. The van der Waals surface area contributed by atoms with Crippen LogP contribution in [0, 0.1) is 6.92 Å². The minimum Gasteiger partial charge on any atom is -0.478 e. The van der Waals surface area contributed by atoms with E-state index in [0.29, 0.717) is 27.4 Å². The number of para-hydroxylation sites is 1. The van der Waals surface area contributed by atoms with Crippen LogP contribution in [0.25, 0.3) is 33.3 Å². The molecule has 0 spiro atoms. The Balaban J connectivity index is 2.05. The van der Waals surface area contributed by atoms with Gasteiger partial charge in [0.25, 0.3) is 0 Å². The monoisotopic (exact) mass is 337 g/mol. The van der Waals surface area contributed by atoms with Gasteiger partial charge in [-0.3, -0.25) is 0 Å². The molecule has 0 saturated heterocycles. The number of aryl methyl sites for hydroxylation is 1. The second-order valence-electron chi connectivity index (χ2n) is 5.58. The molecule has 24 heavy (non-hydrogen) atoms. The van der Waals surface area contributed by atoms with Gasteiger partial charge in [-0.25, -0.2) is 9.78 Å². The number of hydrogen-bond acceptors (Lipinski definition) is 3. The number of pyridine rings is 1.